The van der Waals surface area contributed by atoms with E-state index in [0.717, 1.165) is 11.3 Å². The first-order valence-electron chi connectivity index (χ1n) is 4.34. The highest BCUT2D eigenvalue weighted by molar-refractivity contribution is 5.72. The minimum absolute atomic E-state index is 0.359. The Bertz CT molecular complexity index is 340. The molecule has 66 valence electrons. The van der Waals surface area contributed by atoms with Crippen molar-refractivity contribution in [2.45, 2.75) is 12.5 Å². The zero-order chi connectivity index (χ0) is 9.10. The maximum absolute atomic E-state index is 9.39. The van der Waals surface area contributed by atoms with Gasteiger partial charge < -0.3 is 5.11 Å². The molecule has 1 heterocycles. The Kier molecular flexibility index (Phi) is 2.23. The largest absolute Gasteiger partial charge is 0.389 e. The Balaban J connectivity index is 2.32. The fraction of sp³-hybridized carbons (Fsp3) is 0.182. The summed E-state index contributed by atoms with van der Waals surface area (Å²) in [6.07, 6.45) is 7.90. The second-order valence-electron chi connectivity index (χ2n) is 3.04. The van der Waals surface area contributed by atoms with E-state index in [0.29, 0.717) is 6.42 Å². The summed E-state index contributed by atoms with van der Waals surface area (Å²) in [7, 11) is 0. The summed E-state index contributed by atoms with van der Waals surface area (Å²) in [6.45, 7) is 0. The molecular weight excluding hydrogens is 162 g/mol. The molecule has 1 aliphatic rings. The lowest BCUT2D eigenvalue weighted by Gasteiger charge is -2.10. The van der Waals surface area contributed by atoms with Crippen LogP contribution in [0.5, 0.6) is 0 Å². The van der Waals surface area contributed by atoms with Gasteiger partial charge >= 0.3 is 0 Å². The molecule has 1 unspecified atom stereocenters. The topological polar surface area (TPSA) is 33.1 Å². The van der Waals surface area contributed by atoms with Crippen molar-refractivity contribution in [1.29, 1.82) is 0 Å². The number of pyridine rings is 1. The van der Waals surface area contributed by atoms with Crippen molar-refractivity contribution < 1.29 is 5.11 Å². The third kappa shape index (κ3) is 1.84. The Labute approximate surface area is 77.2 Å². The lowest BCUT2D eigenvalue weighted by Crippen LogP contribution is -2.04. The standard InChI is InChI=1S/C11H11NO/c13-10-5-3-4-9(8-10)11-6-1-2-7-12-11/h1-4,6-8,10,13H,5H2. The van der Waals surface area contributed by atoms with E-state index in [1.807, 2.05) is 36.4 Å². The molecule has 0 fully saturated rings. The van der Waals surface area contributed by atoms with Crippen LogP contribution < -0.4 is 0 Å². The van der Waals surface area contributed by atoms with Crippen LogP contribution in [0.4, 0.5) is 0 Å². The van der Waals surface area contributed by atoms with Crippen molar-refractivity contribution in [3.05, 3.63) is 48.3 Å². The summed E-state index contributed by atoms with van der Waals surface area (Å²) in [4.78, 5) is 4.21. The summed E-state index contributed by atoms with van der Waals surface area (Å²) in [5.74, 6) is 0. The monoisotopic (exact) mass is 173 g/mol. The Morgan fingerprint density at radius 3 is 3.00 bits per heavy atom. The van der Waals surface area contributed by atoms with Gasteiger partial charge in [0.25, 0.3) is 0 Å². The van der Waals surface area contributed by atoms with Crippen LogP contribution in [0.2, 0.25) is 0 Å². The molecule has 1 aromatic rings. The van der Waals surface area contributed by atoms with E-state index < -0.39 is 0 Å². The van der Waals surface area contributed by atoms with Crippen molar-refractivity contribution in [1.82, 2.24) is 4.98 Å². The normalized spacial score (nSPS) is 21.3. The van der Waals surface area contributed by atoms with E-state index in [9.17, 15) is 5.11 Å². The summed E-state index contributed by atoms with van der Waals surface area (Å²) < 4.78 is 0. The first-order valence-corrected chi connectivity index (χ1v) is 4.34. The number of allylic oxidation sites excluding steroid dienone is 2. The smallest absolute Gasteiger partial charge is 0.0764 e. The Morgan fingerprint density at radius 1 is 1.38 bits per heavy atom. The second-order valence-corrected chi connectivity index (χ2v) is 3.04. The van der Waals surface area contributed by atoms with Gasteiger partial charge in [-0.05, 0) is 30.2 Å². The van der Waals surface area contributed by atoms with Crippen molar-refractivity contribution in [3.63, 3.8) is 0 Å². The molecule has 0 bridgehead atoms. The van der Waals surface area contributed by atoms with Crippen LogP contribution in [0.3, 0.4) is 0 Å². The first kappa shape index (κ1) is 8.20. The summed E-state index contributed by atoms with van der Waals surface area (Å²) in [5.41, 5.74) is 1.91. The van der Waals surface area contributed by atoms with Gasteiger partial charge in [-0.1, -0.05) is 18.2 Å². The molecular formula is C11H11NO. The van der Waals surface area contributed by atoms with Crippen LogP contribution in [0.15, 0.2) is 42.6 Å². The van der Waals surface area contributed by atoms with E-state index in [1.54, 1.807) is 6.20 Å². The van der Waals surface area contributed by atoms with Gasteiger partial charge in [0.15, 0.2) is 0 Å². The van der Waals surface area contributed by atoms with Crippen LogP contribution >= 0.6 is 0 Å². The summed E-state index contributed by atoms with van der Waals surface area (Å²) in [5, 5.41) is 9.39. The maximum atomic E-state index is 9.39. The van der Waals surface area contributed by atoms with Crippen LogP contribution in [-0.2, 0) is 0 Å². The molecule has 0 radical (unpaired) electrons. The molecule has 0 amide bonds. The Morgan fingerprint density at radius 2 is 2.31 bits per heavy atom. The zero-order valence-corrected chi connectivity index (χ0v) is 7.22. The number of aliphatic hydroxyl groups excluding tert-OH is 1. The lowest BCUT2D eigenvalue weighted by molar-refractivity contribution is 0.226. The van der Waals surface area contributed by atoms with E-state index >= 15 is 0 Å². The molecule has 2 nitrogen and oxygen atoms in total. The van der Waals surface area contributed by atoms with Crippen LogP contribution in [-0.4, -0.2) is 16.2 Å². The molecule has 1 N–H and O–H groups in total. The molecule has 0 saturated heterocycles. The highest BCUT2D eigenvalue weighted by Gasteiger charge is 2.07. The average Bonchev–Trinajstić information content (AvgIpc) is 2.19. The third-order valence-electron chi connectivity index (χ3n) is 2.01. The quantitative estimate of drug-likeness (QED) is 0.702. The summed E-state index contributed by atoms with van der Waals surface area (Å²) in [6, 6.07) is 5.76. The number of aliphatic hydroxyl groups is 1. The van der Waals surface area contributed by atoms with E-state index in [-0.39, 0.29) is 6.10 Å². The number of rotatable bonds is 1. The SMILES string of the molecule is OC1C=C(c2ccccn2)C=CC1. The van der Waals surface area contributed by atoms with E-state index in [1.165, 1.54) is 0 Å². The number of hydrogen-bond acceptors (Lipinski definition) is 2. The van der Waals surface area contributed by atoms with Crippen molar-refractivity contribution in [2.75, 3.05) is 0 Å². The fourth-order valence-electron chi connectivity index (χ4n) is 1.37. The van der Waals surface area contributed by atoms with Gasteiger partial charge in [-0.3, -0.25) is 4.98 Å². The van der Waals surface area contributed by atoms with Crippen molar-refractivity contribution >= 4 is 5.57 Å². The molecule has 2 heteroatoms. The number of nitrogens with zero attached hydrogens (tertiary/aromatic N) is 1. The predicted octanol–water partition coefficient (Wildman–Crippen LogP) is 1.79. The molecule has 13 heavy (non-hydrogen) atoms. The number of hydrogen-bond donors (Lipinski definition) is 1. The minimum atomic E-state index is -0.359. The first-order chi connectivity index (χ1) is 6.36. The average molecular weight is 173 g/mol. The highest BCUT2D eigenvalue weighted by atomic mass is 16.3. The number of aromatic nitrogens is 1. The second kappa shape index (κ2) is 3.54. The van der Waals surface area contributed by atoms with Gasteiger partial charge in [-0.25, -0.2) is 0 Å². The summed E-state index contributed by atoms with van der Waals surface area (Å²) >= 11 is 0. The molecule has 0 aromatic carbocycles. The highest BCUT2D eigenvalue weighted by Crippen LogP contribution is 2.18. The molecule has 0 spiro atoms. The molecule has 1 aromatic heterocycles. The van der Waals surface area contributed by atoms with Crippen LogP contribution in [0.1, 0.15) is 12.1 Å². The van der Waals surface area contributed by atoms with Gasteiger partial charge in [-0.2, -0.15) is 0 Å². The van der Waals surface area contributed by atoms with Gasteiger partial charge in [0.1, 0.15) is 0 Å². The molecule has 1 atom stereocenters. The minimum Gasteiger partial charge on any atom is -0.389 e. The van der Waals surface area contributed by atoms with Crippen molar-refractivity contribution in [2.24, 2.45) is 0 Å². The van der Waals surface area contributed by atoms with Gasteiger partial charge in [0.05, 0.1) is 11.8 Å². The molecule has 0 saturated carbocycles. The zero-order valence-electron chi connectivity index (χ0n) is 7.22. The molecule has 1 aliphatic carbocycles. The van der Waals surface area contributed by atoms with E-state index in [4.69, 9.17) is 0 Å². The molecule has 0 aliphatic heterocycles. The fourth-order valence-corrected chi connectivity index (χ4v) is 1.37. The van der Waals surface area contributed by atoms with Crippen LogP contribution in [0.25, 0.3) is 5.57 Å². The van der Waals surface area contributed by atoms with Crippen molar-refractivity contribution in [3.8, 4) is 0 Å². The van der Waals surface area contributed by atoms with E-state index in [2.05, 4.69) is 4.98 Å². The van der Waals surface area contributed by atoms with Gasteiger partial charge in [0.2, 0.25) is 0 Å². The van der Waals surface area contributed by atoms with Gasteiger partial charge in [0, 0.05) is 6.20 Å². The van der Waals surface area contributed by atoms with Gasteiger partial charge in [-0.15, -0.1) is 0 Å². The third-order valence-corrected chi connectivity index (χ3v) is 2.01. The molecule has 2 rings (SSSR count). The lowest BCUT2D eigenvalue weighted by atomic mass is 10.0. The van der Waals surface area contributed by atoms with Crippen LogP contribution in [0, 0.1) is 0 Å². The maximum Gasteiger partial charge on any atom is 0.0764 e. The Hall–Kier alpha value is -1.41. The predicted molar refractivity (Wildman–Crippen MR) is 52.0 cm³/mol.